The molecule has 0 spiro atoms. The summed E-state index contributed by atoms with van der Waals surface area (Å²) in [6.07, 6.45) is 1.95. The minimum atomic E-state index is -0.125. The molecule has 2 aliphatic rings. The molecule has 2 fully saturated rings. The van der Waals surface area contributed by atoms with Gasteiger partial charge in [0.05, 0.1) is 23.8 Å². The van der Waals surface area contributed by atoms with Gasteiger partial charge in [0.1, 0.15) is 0 Å². The molecule has 0 radical (unpaired) electrons. The first kappa shape index (κ1) is 23.0. The SMILES string of the molecule is Cc1cc(C=C2SC(=Nc3ccc(Br)cc3)NC2=O)c(C)n1-c1ccc(N2CCOCC2)cc1. The molecule has 3 heterocycles. The Hall–Kier alpha value is -2.81. The summed E-state index contributed by atoms with van der Waals surface area (Å²) in [5.74, 6) is -0.125. The molecule has 0 unspecified atom stereocenters. The number of aliphatic imine (C=N–C) groups is 1. The first-order valence-electron chi connectivity index (χ1n) is 11.2. The van der Waals surface area contributed by atoms with Crippen molar-refractivity contribution in [2.24, 2.45) is 4.99 Å². The highest BCUT2D eigenvalue weighted by Crippen LogP contribution is 2.31. The molecule has 2 aromatic carbocycles. The van der Waals surface area contributed by atoms with E-state index in [0.717, 1.165) is 59.1 Å². The predicted octanol–water partition coefficient (Wildman–Crippen LogP) is 5.58. The fourth-order valence-electron chi connectivity index (χ4n) is 4.22. The number of ether oxygens (including phenoxy) is 1. The number of amidine groups is 1. The fourth-order valence-corrected chi connectivity index (χ4v) is 5.32. The highest BCUT2D eigenvalue weighted by atomic mass is 79.9. The summed E-state index contributed by atoms with van der Waals surface area (Å²) in [6, 6.07) is 18.4. The second-order valence-electron chi connectivity index (χ2n) is 8.24. The van der Waals surface area contributed by atoms with E-state index < -0.39 is 0 Å². The number of carbonyl (C=O) groups excluding carboxylic acids is 1. The summed E-state index contributed by atoms with van der Waals surface area (Å²) in [6.45, 7) is 7.57. The normalized spacial score (nSPS) is 18.7. The van der Waals surface area contributed by atoms with Gasteiger partial charge >= 0.3 is 0 Å². The van der Waals surface area contributed by atoms with E-state index >= 15 is 0 Å². The Morgan fingerprint density at radius 3 is 2.41 bits per heavy atom. The Morgan fingerprint density at radius 1 is 1.03 bits per heavy atom. The highest BCUT2D eigenvalue weighted by molar-refractivity contribution is 9.10. The van der Waals surface area contributed by atoms with Crippen molar-refractivity contribution in [1.29, 1.82) is 0 Å². The molecule has 1 aromatic heterocycles. The topological polar surface area (TPSA) is 58.9 Å². The maximum atomic E-state index is 12.6. The largest absolute Gasteiger partial charge is 0.378 e. The fraction of sp³-hybridized carbons (Fsp3) is 0.231. The van der Waals surface area contributed by atoms with Gasteiger partial charge < -0.3 is 19.5 Å². The van der Waals surface area contributed by atoms with Gasteiger partial charge in [-0.3, -0.25) is 4.79 Å². The molecule has 1 N–H and O–H groups in total. The third kappa shape index (κ3) is 4.85. The van der Waals surface area contributed by atoms with Gasteiger partial charge in [-0.25, -0.2) is 4.99 Å². The van der Waals surface area contributed by atoms with Crippen molar-refractivity contribution in [1.82, 2.24) is 9.88 Å². The van der Waals surface area contributed by atoms with Gasteiger partial charge in [-0.15, -0.1) is 0 Å². The monoisotopic (exact) mass is 536 g/mol. The summed E-state index contributed by atoms with van der Waals surface area (Å²) in [4.78, 5) is 20.1. The summed E-state index contributed by atoms with van der Waals surface area (Å²) < 4.78 is 8.68. The zero-order valence-electron chi connectivity index (χ0n) is 19.0. The molecule has 3 aromatic rings. The van der Waals surface area contributed by atoms with Crippen molar-refractivity contribution in [3.63, 3.8) is 0 Å². The third-order valence-corrected chi connectivity index (χ3v) is 7.39. The van der Waals surface area contributed by atoms with Crippen LogP contribution in [0.15, 0.2) is 69.0 Å². The molecule has 2 saturated heterocycles. The van der Waals surface area contributed by atoms with Crippen LogP contribution in [0.25, 0.3) is 11.8 Å². The molecule has 6 nitrogen and oxygen atoms in total. The molecule has 0 saturated carbocycles. The third-order valence-electron chi connectivity index (χ3n) is 5.95. The number of thioether (sulfide) groups is 1. The average molecular weight is 537 g/mol. The van der Waals surface area contributed by atoms with Crippen LogP contribution in [0.1, 0.15) is 17.0 Å². The molecule has 0 atom stereocenters. The lowest BCUT2D eigenvalue weighted by Crippen LogP contribution is -2.36. The van der Waals surface area contributed by atoms with Crippen LogP contribution < -0.4 is 10.2 Å². The molecular weight excluding hydrogens is 512 g/mol. The number of rotatable bonds is 4. The molecule has 0 bridgehead atoms. The van der Waals surface area contributed by atoms with E-state index in [0.29, 0.717) is 10.1 Å². The minimum Gasteiger partial charge on any atom is -0.378 e. The summed E-state index contributed by atoms with van der Waals surface area (Å²) in [5, 5.41) is 3.46. The van der Waals surface area contributed by atoms with Crippen LogP contribution in [0.5, 0.6) is 0 Å². The molecule has 1 amide bonds. The highest BCUT2D eigenvalue weighted by Gasteiger charge is 2.24. The Labute approximate surface area is 211 Å². The number of carbonyl (C=O) groups is 1. The molecule has 174 valence electrons. The van der Waals surface area contributed by atoms with Crippen molar-refractivity contribution >= 4 is 56.2 Å². The van der Waals surface area contributed by atoms with E-state index in [-0.39, 0.29) is 5.91 Å². The Bertz CT molecular complexity index is 1270. The first-order chi connectivity index (χ1) is 16.5. The van der Waals surface area contributed by atoms with Crippen molar-refractivity contribution in [3.8, 4) is 5.69 Å². The van der Waals surface area contributed by atoms with Gasteiger partial charge in [0.25, 0.3) is 5.91 Å². The number of aryl methyl sites for hydroxylation is 1. The van der Waals surface area contributed by atoms with E-state index in [1.165, 1.54) is 17.4 Å². The Morgan fingerprint density at radius 2 is 1.71 bits per heavy atom. The van der Waals surface area contributed by atoms with Crippen molar-refractivity contribution < 1.29 is 9.53 Å². The van der Waals surface area contributed by atoms with E-state index in [1.54, 1.807) is 0 Å². The zero-order valence-corrected chi connectivity index (χ0v) is 21.4. The second kappa shape index (κ2) is 9.82. The van der Waals surface area contributed by atoms with Crippen LogP contribution in [-0.4, -0.2) is 41.9 Å². The van der Waals surface area contributed by atoms with E-state index in [2.05, 4.69) is 79.9 Å². The lowest BCUT2D eigenvalue weighted by atomic mass is 10.2. The van der Waals surface area contributed by atoms with Crippen molar-refractivity contribution in [2.45, 2.75) is 13.8 Å². The zero-order chi connectivity index (χ0) is 23.7. The average Bonchev–Trinajstić information content (AvgIpc) is 3.33. The maximum absolute atomic E-state index is 12.6. The number of aromatic nitrogens is 1. The number of amides is 1. The maximum Gasteiger partial charge on any atom is 0.264 e. The van der Waals surface area contributed by atoms with Crippen molar-refractivity contribution in [3.05, 3.63) is 80.9 Å². The van der Waals surface area contributed by atoms with E-state index in [9.17, 15) is 4.79 Å². The Balaban J connectivity index is 1.37. The van der Waals surface area contributed by atoms with Crippen LogP contribution >= 0.6 is 27.7 Å². The number of nitrogens with zero attached hydrogens (tertiary/aromatic N) is 3. The number of nitrogens with one attached hydrogen (secondary N) is 1. The number of benzene rings is 2. The van der Waals surface area contributed by atoms with Gasteiger partial charge in [-0.1, -0.05) is 15.9 Å². The van der Waals surface area contributed by atoms with Gasteiger partial charge in [-0.2, -0.15) is 0 Å². The number of anilines is 1. The second-order valence-corrected chi connectivity index (χ2v) is 10.2. The van der Waals surface area contributed by atoms with Gasteiger partial charge in [0.15, 0.2) is 5.17 Å². The van der Waals surface area contributed by atoms with Crippen LogP contribution in [0, 0.1) is 13.8 Å². The summed E-state index contributed by atoms with van der Waals surface area (Å²) >= 11 is 4.79. The predicted molar refractivity (Wildman–Crippen MR) is 143 cm³/mol. The smallest absolute Gasteiger partial charge is 0.264 e. The van der Waals surface area contributed by atoms with Gasteiger partial charge in [0, 0.05) is 40.3 Å². The molecular formula is C26H25BrN4O2S. The van der Waals surface area contributed by atoms with Crippen LogP contribution in [0.2, 0.25) is 0 Å². The number of hydrogen-bond donors (Lipinski definition) is 1. The minimum absolute atomic E-state index is 0.125. The molecule has 5 rings (SSSR count). The first-order valence-corrected chi connectivity index (χ1v) is 12.8. The molecule has 0 aliphatic carbocycles. The summed E-state index contributed by atoms with van der Waals surface area (Å²) in [5.41, 5.74) is 6.36. The van der Waals surface area contributed by atoms with E-state index in [1.807, 2.05) is 30.3 Å². The number of hydrogen-bond acceptors (Lipinski definition) is 5. The quantitative estimate of drug-likeness (QED) is 0.442. The van der Waals surface area contributed by atoms with Gasteiger partial charge in [0.2, 0.25) is 0 Å². The molecule has 34 heavy (non-hydrogen) atoms. The standard InChI is InChI=1S/C26H25BrN4O2S/c1-17-15-19(16-24-25(32)29-26(34-24)28-21-5-3-20(27)4-6-21)18(2)31(17)23-9-7-22(8-10-23)30-11-13-33-14-12-30/h3-10,15-16H,11-14H2,1-2H3,(H,28,29,32). The lowest BCUT2D eigenvalue weighted by Gasteiger charge is -2.29. The lowest BCUT2D eigenvalue weighted by molar-refractivity contribution is -0.115. The molecule has 8 heteroatoms. The Kier molecular flexibility index (Phi) is 6.63. The summed E-state index contributed by atoms with van der Waals surface area (Å²) in [7, 11) is 0. The van der Waals surface area contributed by atoms with Crippen LogP contribution in [0.4, 0.5) is 11.4 Å². The van der Waals surface area contributed by atoms with Gasteiger partial charge in [-0.05, 0) is 91.8 Å². The van der Waals surface area contributed by atoms with E-state index in [4.69, 9.17) is 4.74 Å². The number of morpholine rings is 1. The van der Waals surface area contributed by atoms with Crippen LogP contribution in [-0.2, 0) is 9.53 Å². The number of halogens is 1. The van der Waals surface area contributed by atoms with Crippen LogP contribution in [0.3, 0.4) is 0 Å². The van der Waals surface area contributed by atoms with Crippen molar-refractivity contribution in [2.75, 3.05) is 31.2 Å². The molecule has 2 aliphatic heterocycles.